The van der Waals surface area contributed by atoms with E-state index in [9.17, 15) is 4.79 Å². The molecule has 7 heteroatoms. The van der Waals surface area contributed by atoms with E-state index in [-0.39, 0.29) is 5.91 Å². The van der Waals surface area contributed by atoms with Gasteiger partial charge in [-0.05, 0) is 24.6 Å². The van der Waals surface area contributed by atoms with E-state index >= 15 is 0 Å². The maximum Gasteiger partial charge on any atom is 0.269 e. The van der Waals surface area contributed by atoms with Gasteiger partial charge in [-0.2, -0.15) is 4.89 Å². The van der Waals surface area contributed by atoms with E-state index in [0.717, 1.165) is 38.4 Å². The number of carbonyl (C=O) groups is 1. The van der Waals surface area contributed by atoms with Crippen molar-refractivity contribution in [2.24, 2.45) is 7.05 Å². The smallest absolute Gasteiger partial charge is 0.269 e. The Labute approximate surface area is 162 Å². The lowest BCUT2D eigenvalue weighted by atomic mass is 10.1. The molecule has 146 valence electrons. The summed E-state index contributed by atoms with van der Waals surface area (Å²) in [5.74, 6) is 1.04. The number of para-hydroxylation sites is 1. The largest absolute Gasteiger partial charge is 0.482 e. The summed E-state index contributed by atoms with van der Waals surface area (Å²) in [5, 5.41) is 5.04. The first-order valence-corrected chi connectivity index (χ1v) is 9.02. The summed E-state index contributed by atoms with van der Waals surface area (Å²) in [5.41, 5.74) is 4.89. The standard InChI is InChI=1S/C21H23N3O4/c1-12-10-17-18-14-8-6-7-9-16(14)23(3)19(18)21(28-27-5)24(17)20(26-4)15(12)11-22-13(2)25/h6-10H,11H2,1-5H3,(H,22,25). The van der Waals surface area contributed by atoms with Crippen molar-refractivity contribution >= 4 is 33.2 Å². The van der Waals surface area contributed by atoms with Crippen LogP contribution in [0, 0.1) is 6.92 Å². The van der Waals surface area contributed by atoms with Gasteiger partial charge in [-0.3, -0.25) is 4.79 Å². The van der Waals surface area contributed by atoms with Crippen LogP contribution in [0.5, 0.6) is 11.8 Å². The average molecular weight is 381 g/mol. The van der Waals surface area contributed by atoms with Crippen LogP contribution < -0.4 is 14.9 Å². The third kappa shape index (κ3) is 2.51. The van der Waals surface area contributed by atoms with E-state index in [1.807, 2.05) is 30.5 Å². The highest BCUT2D eigenvalue weighted by molar-refractivity contribution is 6.18. The number of aromatic nitrogens is 2. The molecule has 1 amide bonds. The molecule has 1 aromatic carbocycles. The van der Waals surface area contributed by atoms with E-state index in [1.54, 1.807) is 7.11 Å². The van der Waals surface area contributed by atoms with Gasteiger partial charge in [0.1, 0.15) is 5.52 Å². The van der Waals surface area contributed by atoms with Crippen molar-refractivity contribution in [2.45, 2.75) is 20.4 Å². The molecular formula is C21H23N3O4. The quantitative estimate of drug-likeness (QED) is 0.425. The van der Waals surface area contributed by atoms with Crippen molar-refractivity contribution in [1.29, 1.82) is 0 Å². The van der Waals surface area contributed by atoms with Crippen LogP contribution in [0.15, 0.2) is 30.3 Å². The molecule has 0 aliphatic carbocycles. The SMILES string of the molecule is COOc1c2c(c3ccccc3n2C)c2cc(C)c(CNC(C)=O)c(OC)n12. The molecule has 0 fully saturated rings. The molecule has 0 bridgehead atoms. The van der Waals surface area contributed by atoms with Gasteiger partial charge in [0, 0.05) is 42.4 Å². The van der Waals surface area contributed by atoms with Gasteiger partial charge < -0.3 is 19.5 Å². The zero-order chi connectivity index (χ0) is 20.0. The number of benzene rings is 1. The molecule has 3 aromatic heterocycles. The van der Waals surface area contributed by atoms with E-state index < -0.39 is 0 Å². The number of nitrogens with one attached hydrogen (secondary N) is 1. The molecule has 0 spiro atoms. The highest BCUT2D eigenvalue weighted by Crippen LogP contribution is 2.43. The van der Waals surface area contributed by atoms with Crippen molar-refractivity contribution in [3.8, 4) is 11.8 Å². The Morgan fingerprint density at radius 1 is 1.14 bits per heavy atom. The Morgan fingerprint density at radius 3 is 2.57 bits per heavy atom. The Kier molecular flexibility index (Phi) is 4.39. The topological polar surface area (TPSA) is 66.1 Å². The molecular weight excluding hydrogens is 358 g/mol. The van der Waals surface area contributed by atoms with Crippen LogP contribution in [0.2, 0.25) is 0 Å². The highest BCUT2D eigenvalue weighted by atomic mass is 17.2. The zero-order valence-electron chi connectivity index (χ0n) is 16.6. The number of nitrogens with zero attached hydrogens (tertiary/aromatic N) is 2. The summed E-state index contributed by atoms with van der Waals surface area (Å²) < 4.78 is 9.78. The maximum atomic E-state index is 11.4. The number of hydrogen-bond acceptors (Lipinski definition) is 4. The predicted octanol–water partition coefficient (Wildman–Crippen LogP) is 3.48. The molecule has 4 rings (SSSR count). The second kappa shape index (κ2) is 6.76. The van der Waals surface area contributed by atoms with Crippen LogP contribution in [0.4, 0.5) is 0 Å². The van der Waals surface area contributed by atoms with Crippen molar-refractivity contribution in [2.75, 3.05) is 14.2 Å². The van der Waals surface area contributed by atoms with E-state index in [4.69, 9.17) is 14.5 Å². The van der Waals surface area contributed by atoms with Gasteiger partial charge >= 0.3 is 0 Å². The van der Waals surface area contributed by atoms with E-state index in [0.29, 0.717) is 18.3 Å². The first-order valence-electron chi connectivity index (χ1n) is 9.02. The number of amides is 1. The van der Waals surface area contributed by atoms with Crippen molar-refractivity contribution in [3.05, 3.63) is 41.5 Å². The van der Waals surface area contributed by atoms with Crippen molar-refractivity contribution < 1.29 is 19.3 Å². The number of pyridine rings is 1. The lowest BCUT2D eigenvalue weighted by Crippen LogP contribution is -2.20. The molecule has 28 heavy (non-hydrogen) atoms. The number of fused-ring (bicyclic) bond motifs is 5. The van der Waals surface area contributed by atoms with Gasteiger partial charge in [0.05, 0.1) is 19.7 Å². The number of aryl methyl sites for hydroxylation is 2. The molecule has 1 N–H and O–H groups in total. The number of methoxy groups -OCH3 is 1. The maximum absolute atomic E-state index is 11.4. The number of hydrogen-bond donors (Lipinski definition) is 1. The molecule has 0 atom stereocenters. The van der Waals surface area contributed by atoms with Gasteiger partial charge in [-0.1, -0.05) is 18.2 Å². The average Bonchev–Trinajstić information content (AvgIpc) is 3.14. The second-order valence-electron chi connectivity index (χ2n) is 6.80. The minimum atomic E-state index is -0.0985. The van der Waals surface area contributed by atoms with Crippen LogP contribution >= 0.6 is 0 Å². The fourth-order valence-electron chi connectivity index (χ4n) is 3.96. The van der Waals surface area contributed by atoms with E-state index in [2.05, 4.69) is 28.1 Å². The summed E-state index contributed by atoms with van der Waals surface area (Å²) in [6.45, 7) is 3.87. The number of carbonyl (C=O) groups excluding carboxylic acids is 1. The summed E-state index contributed by atoms with van der Waals surface area (Å²) in [4.78, 5) is 22.1. The molecule has 4 aromatic rings. The van der Waals surface area contributed by atoms with Crippen LogP contribution in [0.3, 0.4) is 0 Å². The van der Waals surface area contributed by atoms with Gasteiger partial charge in [-0.25, -0.2) is 4.40 Å². The van der Waals surface area contributed by atoms with Crippen LogP contribution in [0.25, 0.3) is 27.3 Å². The molecule has 0 radical (unpaired) electrons. The summed E-state index contributed by atoms with van der Waals surface area (Å²) in [6, 6.07) is 10.3. The molecule has 3 heterocycles. The van der Waals surface area contributed by atoms with Crippen molar-refractivity contribution in [3.63, 3.8) is 0 Å². The minimum Gasteiger partial charge on any atom is -0.482 e. The van der Waals surface area contributed by atoms with Gasteiger partial charge in [-0.15, -0.1) is 0 Å². The first-order chi connectivity index (χ1) is 13.5. The lowest BCUT2D eigenvalue weighted by molar-refractivity contribution is -0.181. The molecule has 7 nitrogen and oxygen atoms in total. The van der Waals surface area contributed by atoms with E-state index in [1.165, 1.54) is 14.0 Å². The predicted molar refractivity (Wildman–Crippen MR) is 108 cm³/mol. The monoisotopic (exact) mass is 381 g/mol. The fourth-order valence-corrected chi connectivity index (χ4v) is 3.96. The molecule has 0 unspecified atom stereocenters. The molecule has 0 saturated heterocycles. The van der Waals surface area contributed by atoms with Gasteiger partial charge in [0.25, 0.3) is 5.88 Å². The zero-order valence-corrected chi connectivity index (χ0v) is 16.6. The first kappa shape index (κ1) is 18.2. The van der Waals surface area contributed by atoms with Crippen LogP contribution in [-0.4, -0.2) is 29.1 Å². The Morgan fingerprint density at radius 2 is 1.89 bits per heavy atom. The normalized spacial score (nSPS) is 11.5. The van der Waals surface area contributed by atoms with Gasteiger partial charge in [0.15, 0.2) is 0 Å². The number of rotatable bonds is 5. The molecule has 0 aliphatic rings. The molecule has 0 saturated carbocycles. The third-order valence-corrected chi connectivity index (χ3v) is 5.17. The summed E-state index contributed by atoms with van der Waals surface area (Å²) in [6.07, 6.45) is 0. The highest BCUT2D eigenvalue weighted by Gasteiger charge is 2.25. The van der Waals surface area contributed by atoms with Crippen molar-refractivity contribution in [1.82, 2.24) is 14.3 Å². The molecule has 0 aliphatic heterocycles. The third-order valence-electron chi connectivity index (χ3n) is 5.17. The fraction of sp³-hybridized carbons (Fsp3) is 0.286. The lowest BCUT2D eigenvalue weighted by Gasteiger charge is -2.16. The minimum absolute atomic E-state index is 0.0985. The van der Waals surface area contributed by atoms with Crippen LogP contribution in [0.1, 0.15) is 18.1 Å². The van der Waals surface area contributed by atoms with Crippen LogP contribution in [-0.2, 0) is 23.3 Å². The Hall–Kier alpha value is -3.19. The summed E-state index contributed by atoms with van der Waals surface area (Å²) in [7, 11) is 5.10. The van der Waals surface area contributed by atoms with Gasteiger partial charge in [0.2, 0.25) is 11.8 Å². The Bertz CT molecular complexity index is 1220. The second-order valence-corrected chi connectivity index (χ2v) is 6.80. The Balaban J connectivity index is 2.17. The number of ether oxygens (including phenoxy) is 1. The summed E-state index contributed by atoms with van der Waals surface area (Å²) >= 11 is 0.